The summed E-state index contributed by atoms with van der Waals surface area (Å²) in [6.45, 7) is 14.1. The highest BCUT2D eigenvalue weighted by Crippen LogP contribution is 2.33. The molecule has 0 saturated heterocycles. The van der Waals surface area contributed by atoms with Crippen LogP contribution in [-0.4, -0.2) is 49.0 Å². The van der Waals surface area contributed by atoms with Crippen molar-refractivity contribution in [3.8, 4) is 17.7 Å². The van der Waals surface area contributed by atoms with Crippen molar-refractivity contribution in [3.05, 3.63) is 40.4 Å². The number of carbonyl (C=O) groups is 2. The van der Waals surface area contributed by atoms with Crippen molar-refractivity contribution in [2.75, 3.05) is 6.26 Å². The number of amides is 1. The van der Waals surface area contributed by atoms with Crippen LogP contribution < -0.4 is 10.2 Å². The molecule has 2 heterocycles. The first kappa shape index (κ1) is 30.4. The molecular weight excluding hydrogens is 532 g/mol. The van der Waals surface area contributed by atoms with Gasteiger partial charge in [0.1, 0.15) is 22.3 Å². The molecule has 1 aromatic carbocycles. The Labute approximate surface area is 237 Å². The standard InChI is InChI=1S/C28H34N6O5S/c1-16-14-18(12-11-13-29)15-17(2)20(16)37-23-19-21(30-24(32-23)40-10)33(9)34(26(36)39-28(6,7)8)22(19)31-25(35)38-27(3,4)5/h11-12,14-15H,1-10H3/b12-11+,31-22+. The lowest BCUT2D eigenvalue weighted by atomic mass is 10.1. The van der Waals surface area contributed by atoms with E-state index in [0.717, 1.165) is 21.4 Å². The third kappa shape index (κ3) is 7.09. The minimum absolute atomic E-state index is 0.0902. The predicted octanol–water partition coefficient (Wildman–Crippen LogP) is 6.06. The molecule has 11 nitrogen and oxygen atoms in total. The van der Waals surface area contributed by atoms with Crippen LogP contribution in [0.5, 0.6) is 11.6 Å². The van der Waals surface area contributed by atoms with E-state index in [-0.39, 0.29) is 16.8 Å². The second-order valence-corrected chi connectivity index (χ2v) is 11.8. The summed E-state index contributed by atoms with van der Waals surface area (Å²) in [5.41, 5.74) is 0.978. The second kappa shape index (κ2) is 11.6. The Morgan fingerprint density at radius 2 is 1.65 bits per heavy atom. The van der Waals surface area contributed by atoms with E-state index >= 15 is 0 Å². The summed E-state index contributed by atoms with van der Waals surface area (Å²) in [6, 6.07) is 5.74. The molecule has 212 valence electrons. The number of thioether (sulfide) groups is 1. The second-order valence-electron chi connectivity index (χ2n) is 11.0. The molecule has 2 aromatic heterocycles. The van der Waals surface area contributed by atoms with Gasteiger partial charge in [-0.1, -0.05) is 11.8 Å². The summed E-state index contributed by atoms with van der Waals surface area (Å²) in [5.74, 6) is 0.623. The smallest absolute Gasteiger partial charge is 0.436 e. The van der Waals surface area contributed by atoms with Crippen LogP contribution in [0.3, 0.4) is 0 Å². The Hall–Kier alpha value is -4.11. The van der Waals surface area contributed by atoms with Crippen LogP contribution in [0.1, 0.15) is 58.2 Å². The molecule has 1 amide bonds. The van der Waals surface area contributed by atoms with Gasteiger partial charge in [0, 0.05) is 13.1 Å². The Morgan fingerprint density at radius 1 is 1.05 bits per heavy atom. The molecule has 0 N–H and O–H groups in total. The van der Waals surface area contributed by atoms with E-state index in [1.807, 2.05) is 38.3 Å². The quantitative estimate of drug-likeness (QED) is 0.210. The molecule has 0 radical (unpaired) electrons. The number of hydrogen-bond acceptors (Lipinski definition) is 9. The molecule has 0 atom stereocenters. The lowest BCUT2D eigenvalue weighted by molar-refractivity contribution is 0.0487. The molecule has 0 fully saturated rings. The van der Waals surface area contributed by atoms with Gasteiger partial charge in [0.05, 0.1) is 6.07 Å². The molecule has 0 aliphatic rings. The number of ether oxygens (including phenoxy) is 3. The summed E-state index contributed by atoms with van der Waals surface area (Å²) in [7, 11) is 1.61. The number of rotatable bonds is 4. The Kier molecular flexibility index (Phi) is 8.79. The maximum absolute atomic E-state index is 13.4. The minimum Gasteiger partial charge on any atom is -0.442 e. The van der Waals surface area contributed by atoms with E-state index in [4.69, 9.17) is 19.5 Å². The first-order valence-electron chi connectivity index (χ1n) is 12.4. The van der Waals surface area contributed by atoms with Gasteiger partial charge in [-0.05, 0) is 96.5 Å². The van der Waals surface area contributed by atoms with Crippen molar-refractivity contribution >= 4 is 41.1 Å². The molecule has 3 rings (SSSR count). The van der Waals surface area contributed by atoms with E-state index < -0.39 is 23.4 Å². The third-order valence-corrected chi connectivity index (χ3v) is 5.79. The highest BCUT2D eigenvalue weighted by atomic mass is 32.2. The predicted molar refractivity (Wildman–Crippen MR) is 152 cm³/mol. The van der Waals surface area contributed by atoms with Gasteiger partial charge in [-0.3, -0.25) is 4.68 Å². The number of nitriles is 1. The van der Waals surface area contributed by atoms with Crippen molar-refractivity contribution < 1.29 is 23.8 Å². The third-order valence-electron chi connectivity index (χ3n) is 5.24. The van der Waals surface area contributed by atoms with Crippen LogP contribution in [0.25, 0.3) is 17.1 Å². The van der Waals surface area contributed by atoms with Gasteiger partial charge in [0.15, 0.2) is 16.3 Å². The number of aromatic nitrogens is 4. The van der Waals surface area contributed by atoms with Crippen molar-refractivity contribution in [2.45, 2.75) is 71.7 Å². The van der Waals surface area contributed by atoms with Gasteiger partial charge in [-0.15, -0.1) is 0 Å². The summed E-state index contributed by atoms with van der Waals surface area (Å²) >= 11 is 1.29. The summed E-state index contributed by atoms with van der Waals surface area (Å²) in [5, 5.41) is 9.49. The number of benzene rings is 1. The number of aryl methyl sites for hydroxylation is 3. The number of nitrogens with zero attached hydrogens (tertiary/aromatic N) is 6. The number of allylic oxidation sites excluding steroid dienone is 1. The molecule has 0 aliphatic heterocycles. The van der Waals surface area contributed by atoms with Gasteiger partial charge in [0.2, 0.25) is 5.88 Å². The Morgan fingerprint density at radius 3 is 2.17 bits per heavy atom. The van der Waals surface area contributed by atoms with Gasteiger partial charge < -0.3 is 14.2 Å². The molecular formula is C28H34N6O5S. The van der Waals surface area contributed by atoms with E-state index in [1.54, 1.807) is 54.7 Å². The highest BCUT2D eigenvalue weighted by molar-refractivity contribution is 7.98. The van der Waals surface area contributed by atoms with E-state index in [0.29, 0.717) is 16.6 Å². The SMILES string of the molecule is CSc1nc(Oc2c(C)cc(/C=C/C#N)cc2C)c2/c(=N\C(=O)OC(C)(C)C)n(C(=O)OC(C)(C)C)n(C)c2n1. The number of fused-ring (bicyclic) bond motifs is 1. The molecule has 0 unspecified atom stereocenters. The first-order valence-corrected chi connectivity index (χ1v) is 13.7. The fourth-order valence-corrected chi connectivity index (χ4v) is 4.16. The largest absolute Gasteiger partial charge is 0.442 e. The zero-order valence-electron chi connectivity index (χ0n) is 24.4. The van der Waals surface area contributed by atoms with E-state index in [9.17, 15) is 9.59 Å². The normalized spacial score (nSPS) is 12.6. The fraction of sp³-hybridized carbons (Fsp3) is 0.429. The lowest BCUT2D eigenvalue weighted by Crippen LogP contribution is -2.36. The van der Waals surface area contributed by atoms with Crippen LogP contribution in [0, 0.1) is 25.2 Å². The van der Waals surface area contributed by atoms with Gasteiger partial charge >= 0.3 is 12.2 Å². The monoisotopic (exact) mass is 566 g/mol. The molecule has 0 bridgehead atoms. The summed E-state index contributed by atoms with van der Waals surface area (Å²) < 4.78 is 20.0. The van der Waals surface area contributed by atoms with Gasteiger partial charge in [-0.2, -0.15) is 19.9 Å². The van der Waals surface area contributed by atoms with Crippen LogP contribution in [0.15, 0.2) is 28.4 Å². The maximum atomic E-state index is 13.4. The van der Waals surface area contributed by atoms with Gasteiger partial charge in [0.25, 0.3) is 0 Å². The topological polar surface area (TPSA) is 134 Å². The summed E-state index contributed by atoms with van der Waals surface area (Å²) in [6.07, 6.45) is 3.24. The van der Waals surface area contributed by atoms with Crippen LogP contribution in [0.2, 0.25) is 0 Å². The Balaban J connectivity index is 2.37. The van der Waals surface area contributed by atoms with Crippen LogP contribution in [0.4, 0.5) is 9.59 Å². The van der Waals surface area contributed by atoms with Crippen LogP contribution >= 0.6 is 11.8 Å². The average molecular weight is 567 g/mol. The average Bonchev–Trinajstić information content (AvgIpc) is 3.08. The molecule has 3 aromatic rings. The van der Waals surface area contributed by atoms with Gasteiger partial charge in [-0.25, -0.2) is 14.6 Å². The van der Waals surface area contributed by atoms with Crippen molar-refractivity contribution in [1.29, 1.82) is 5.26 Å². The van der Waals surface area contributed by atoms with Crippen molar-refractivity contribution in [1.82, 2.24) is 19.3 Å². The lowest BCUT2D eigenvalue weighted by Gasteiger charge is -2.20. The Bertz CT molecular complexity index is 1590. The van der Waals surface area contributed by atoms with Crippen molar-refractivity contribution in [2.24, 2.45) is 12.0 Å². The van der Waals surface area contributed by atoms with E-state index in [1.165, 1.54) is 22.5 Å². The first-order chi connectivity index (χ1) is 18.5. The number of hydrogen-bond donors (Lipinski definition) is 0. The summed E-state index contributed by atoms with van der Waals surface area (Å²) in [4.78, 5) is 39.6. The number of carbonyl (C=O) groups excluding carboxylic acids is 2. The molecule has 0 saturated carbocycles. The minimum atomic E-state index is -0.904. The zero-order chi connectivity index (χ0) is 30.0. The van der Waals surface area contributed by atoms with Crippen molar-refractivity contribution in [3.63, 3.8) is 0 Å². The molecule has 40 heavy (non-hydrogen) atoms. The maximum Gasteiger partial charge on any atom is 0.436 e. The zero-order valence-corrected chi connectivity index (χ0v) is 25.3. The highest BCUT2D eigenvalue weighted by Gasteiger charge is 2.28. The van der Waals surface area contributed by atoms with Crippen LogP contribution in [-0.2, 0) is 16.5 Å². The fourth-order valence-electron chi connectivity index (χ4n) is 3.81. The molecule has 0 aliphatic carbocycles. The molecule has 0 spiro atoms. The van der Waals surface area contributed by atoms with E-state index in [2.05, 4.69) is 15.0 Å². The molecule has 12 heteroatoms.